The number of halogens is 1. The quantitative estimate of drug-likeness (QED) is 0.788. The summed E-state index contributed by atoms with van der Waals surface area (Å²) >= 11 is 1.39. The van der Waals surface area contributed by atoms with Crippen LogP contribution in [0.15, 0.2) is 42.7 Å². The van der Waals surface area contributed by atoms with Crippen molar-refractivity contribution < 1.29 is 4.39 Å². The van der Waals surface area contributed by atoms with Gasteiger partial charge in [0, 0.05) is 18.4 Å². The molecular weight excluding hydrogens is 285 g/mol. The van der Waals surface area contributed by atoms with Gasteiger partial charge in [-0.25, -0.2) is 9.37 Å². The fraction of sp³-hybridized carbons (Fsp3) is 0.250. The first kappa shape index (κ1) is 12.7. The molecule has 0 aliphatic heterocycles. The summed E-state index contributed by atoms with van der Waals surface area (Å²) in [6.45, 7) is 0. The highest BCUT2D eigenvalue weighted by Crippen LogP contribution is 2.39. The lowest BCUT2D eigenvalue weighted by molar-refractivity contribution is 0.373. The molecule has 4 rings (SSSR count). The van der Waals surface area contributed by atoms with Crippen molar-refractivity contribution in [3.8, 4) is 0 Å². The zero-order valence-electron chi connectivity index (χ0n) is 11.3. The van der Waals surface area contributed by atoms with Crippen LogP contribution >= 0.6 is 11.3 Å². The van der Waals surface area contributed by atoms with Gasteiger partial charge in [-0.3, -0.25) is 4.98 Å². The van der Waals surface area contributed by atoms with Crippen molar-refractivity contribution in [2.45, 2.75) is 24.8 Å². The van der Waals surface area contributed by atoms with Crippen LogP contribution in [0.3, 0.4) is 0 Å². The zero-order valence-corrected chi connectivity index (χ0v) is 12.1. The lowest BCUT2D eigenvalue weighted by Crippen LogP contribution is -2.33. The molecule has 2 aromatic heterocycles. The highest BCUT2D eigenvalue weighted by molar-refractivity contribution is 7.22. The van der Waals surface area contributed by atoms with Gasteiger partial charge in [-0.15, -0.1) is 0 Å². The van der Waals surface area contributed by atoms with E-state index in [1.807, 2.05) is 18.3 Å². The van der Waals surface area contributed by atoms with Crippen LogP contribution in [0.25, 0.3) is 10.2 Å². The molecule has 0 spiro atoms. The number of pyridine rings is 1. The van der Waals surface area contributed by atoms with Crippen molar-refractivity contribution in [2.24, 2.45) is 0 Å². The van der Waals surface area contributed by atoms with Gasteiger partial charge in [0.1, 0.15) is 5.82 Å². The van der Waals surface area contributed by atoms with Crippen LogP contribution in [0.1, 0.15) is 24.3 Å². The molecule has 1 fully saturated rings. The molecule has 1 aliphatic rings. The molecule has 0 bridgehead atoms. The van der Waals surface area contributed by atoms with Crippen molar-refractivity contribution in [3.63, 3.8) is 0 Å². The number of hydrogen-bond donors (Lipinski definition) is 1. The van der Waals surface area contributed by atoms with E-state index in [4.69, 9.17) is 0 Å². The SMILES string of the molecule is Fc1cccc2nc(NC3CC(c4cccnc4)C3)sc12. The molecule has 0 radical (unpaired) electrons. The molecule has 3 aromatic rings. The van der Waals surface area contributed by atoms with Crippen molar-refractivity contribution >= 4 is 26.7 Å². The molecule has 106 valence electrons. The summed E-state index contributed by atoms with van der Waals surface area (Å²) < 4.78 is 14.3. The first-order valence-corrected chi connectivity index (χ1v) is 7.83. The molecule has 0 unspecified atom stereocenters. The molecule has 0 saturated heterocycles. The summed E-state index contributed by atoms with van der Waals surface area (Å²) in [7, 11) is 0. The van der Waals surface area contributed by atoms with Gasteiger partial charge in [0.25, 0.3) is 0 Å². The predicted molar refractivity (Wildman–Crippen MR) is 83.2 cm³/mol. The third-order valence-corrected chi connectivity index (χ3v) is 5.00. The molecule has 1 aromatic carbocycles. The third kappa shape index (κ3) is 2.38. The Bertz CT molecular complexity index is 766. The van der Waals surface area contributed by atoms with Gasteiger partial charge in [0.2, 0.25) is 0 Å². The average Bonchev–Trinajstić information content (AvgIpc) is 2.88. The highest BCUT2D eigenvalue weighted by atomic mass is 32.1. The second-order valence-electron chi connectivity index (χ2n) is 5.40. The fourth-order valence-corrected chi connectivity index (χ4v) is 3.72. The monoisotopic (exact) mass is 299 g/mol. The summed E-state index contributed by atoms with van der Waals surface area (Å²) in [6, 6.07) is 9.54. The topological polar surface area (TPSA) is 37.8 Å². The molecule has 0 atom stereocenters. The number of nitrogens with zero attached hydrogens (tertiary/aromatic N) is 2. The molecule has 2 heterocycles. The summed E-state index contributed by atoms with van der Waals surface area (Å²) in [4.78, 5) is 8.61. The number of fused-ring (bicyclic) bond motifs is 1. The minimum absolute atomic E-state index is 0.195. The summed E-state index contributed by atoms with van der Waals surface area (Å²) in [5.41, 5.74) is 2.02. The Labute approximate surface area is 125 Å². The van der Waals surface area contributed by atoms with Crippen LogP contribution in [0.5, 0.6) is 0 Å². The number of aromatic nitrogens is 2. The molecule has 0 amide bonds. The van der Waals surface area contributed by atoms with Crippen molar-refractivity contribution in [3.05, 3.63) is 54.1 Å². The normalized spacial score (nSPS) is 21.2. The zero-order chi connectivity index (χ0) is 14.2. The second-order valence-corrected chi connectivity index (χ2v) is 6.40. The van der Waals surface area contributed by atoms with Crippen LogP contribution in [0.4, 0.5) is 9.52 Å². The Balaban J connectivity index is 1.44. The molecule has 5 heteroatoms. The number of nitrogens with one attached hydrogen (secondary N) is 1. The van der Waals surface area contributed by atoms with Crippen molar-refractivity contribution in [2.75, 3.05) is 5.32 Å². The largest absolute Gasteiger partial charge is 0.359 e. The fourth-order valence-electron chi connectivity index (χ4n) is 2.78. The van der Waals surface area contributed by atoms with E-state index in [2.05, 4.69) is 21.4 Å². The Morgan fingerprint density at radius 2 is 2.10 bits per heavy atom. The van der Waals surface area contributed by atoms with E-state index in [0.717, 1.165) is 23.5 Å². The predicted octanol–water partition coefficient (Wildman–Crippen LogP) is 4.19. The molecule has 1 aliphatic carbocycles. The summed E-state index contributed by atoms with van der Waals surface area (Å²) in [5.74, 6) is 0.377. The minimum Gasteiger partial charge on any atom is -0.359 e. The molecular formula is C16H14FN3S. The molecule has 3 nitrogen and oxygen atoms in total. The van der Waals surface area contributed by atoms with E-state index in [0.29, 0.717) is 16.7 Å². The molecule has 1 N–H and O–H groups in total. The van der Waals surface area contributed by atoms with E-state index >= 15 is 0 Å². The van der Waals surface area contributed by atoms with Gasteiger partial charge in [-0.05, 0) is 42.5 Å². The van der Waals surface area contributed by atoms with Gasteiger partial charge < -0.3 is 5.32 Å². The Hall–Kier alpha value is -2.01. The Morgan fingerprint density at radius 1 is 1.19 bits per heavy atom. The smallest absolute Gasteiger partial charge is 0.184 e. The number of rotatable bonds is 3. The maximum Gasteiger partial charge on any atom is 0.184 e. The van der Waals surface area contributed by atoms with Crippen LogP contribution in [0.2, 0.25) is 0 Å². The van der Waals surface area contributed by atoms with Gasteiger partial charge >= 0.3 is 0 Å². The van der Waals surface area contributed by atoms with E-state index < -0.39 is 0 Å². The maximum atomic E-state index is 13.7. The van der Waals surface area contributed by atoms with Gasteiger partial charge in [0.05, 0.1) is 10.2 Å². The number of hydrogen-bond acceptors (Lipinski definition) is 4. The second kappa shape index (κ2) is 5.07. The highest BCUT2D eigenvalue weighted by Gasteiger charge is 2.30. The summed E-state index contributed by atoms with van der Waals surface area (Å²) in [5, 5.41) is 4.23. The van der Waals surface area contributed by atoms with E-state index in [1.54, 1.807) is 12.3 Å². The maximum absolute atomic E-state index is 13.7. The Morgan fingerprint density at radius 3 is 2.86 bits per heavy atom. The van der Waals surface area contributed by atoms with Crippen molar-refractivity contribution in [1.82, 2.24) is 9.97 Å². The minimum atomic E-state index is -0.195. The lowest BCUT2D eigenvalue weighted by atomic mass is 9.76. The van der Waals surface area contributed by atoms with E-state index in [9.17, 15) is 4.39 Å². The first-order valence-electron chi connectivity index (χ1n) is 7.01. The van der Waals surface area contributed by atoms with Gasteiger partial charge in [-0.2, -0.15) is 0 Å². The Kier molecular flexibility index (Phi) is 3.07. The number of benzene rings is 1. The first-order chi connectivity index (χ1) is 10.3. The molecule has 21 heavy (non-hydrogen) atoms. The van der Waals surface area contributed by atoms with Crippen LogP contribution < -0.4 is 5.32 Å². The third-order valence-electron chi connectivity index (χ3n) is 3.99. The average molecular weight is 299 g/mol. The van der Waals surface area contributed by atoms with Crippen LogP contribution in [-0.4, -0.2) is 16.0 Å². The van der Waals surface area contributed by atoms with Gasteiger partial charge in [0.15, 0.2) is 5.13 Å². The van der Waals surface area contributed by atoms with E-state index in [1.165, 1.54) is 23.0 Å². The number of thiazole rings is 1. The summed E-state index contributed by atoms with van der Waals surface area (Å²) in [6.07, 6.45) is 5.88. The van der Waals surface area contributed by atoms with Crippen LogP contribution in [-0.2, 0) is 0 Å². The number of anilines is 1. The standard InChI is InChI=1S/C16H14FN3S/c17-13-4-1-5-14-15(13)21-16(20-14)19-12-7-11(8-12)10-3-2-6-18-9-10/h1-6,9,11-12H,7-8H2,(H,19,20). The van der Waals surface area contributed by atoms with E-state index in [-0.39, 0.29) is 5.82 Å². The lowest BCUT2D eigenvalue weighted by Gasteiger charge is -2.35. The molecule has 1 saturated carbocycles. The van der Waals surface area contributed by atoms with Crippen LogP contribution in [0, 0.1) is 5.82 Å². The van der Waals surface area contributed by atoms with Gasteiger partial charge in [-0.1, -0.05) is 23.5 Å². The van der Waals surface area contributed by atoms with Crippen molar-refractivity contribution in [1.29, 1.82) is 0 Å².